The SMILES string of the molecule is CN=C(NCCCN1CCC(C)CC1)NCCN1CCCN(C)CC1.I. The van der Waals surface area contributed by atoms with Crippen LogP contribution in [0.15, 0.2) is 4.99 Å². The van der Waals surface area contributed by atoms with E-state index in [1.54, 1.807) is 0 Å². The molecule has 2 saturated heterocycles. The highest BCUT2D eigenvalue weighted by Crippen LogP contribution is 2.15. The van der Waals surface area contributed by atoms with Crippen molar-refractivity contribution in [2.24, 2.45) is 10.9 Å². The van der Waals surface area contributed by atoms with Crippen LogP contribution in [0, 0.1) is 5.92 Å². The molecule has 0 spiro atoms. The molecule has 0 radical (unpaired) electrons. The van der Waals surface area contributed by atoms with Gasteiger partial charge in [-0.3, -0.25) is 4.99 Å². The Bertz CT molecular complexity index is 384. The second-order valence-electron chi connectivity index (χ2n) is 7.80. The number of hydrogen-bond acceptors (Lipinski definition) is 4. The summed E-state index contributed by atoms with van der Waals surface area (Å²) in [6, 6.07) is 0. The molecule has 2 aliphatic heterocycles. The van der Waals surface area contributed by atoms with Gasteiger partial charge in [0.1, 0.15) is 0 Å². The predicted molar refractivity (Wildman–Crippen MR) is 123 cm³/mol. The highest BCUT2D eigenvalue weighted by molar-refractivity contribution is 14.0. The van der Waals surface area contributed by atoms with Crippen molar-refractivity contribution in [3.8, 4) is 0 Å². The summed E-state index contributed by atoms with van der Waals surface area (Å²) in [4.78, 5) is 11.9. The van der Waals surface area contributed by atoms with Gasteiger partial charge < -0.3 is 25.3 Å². The smallest absolute Gasteiger partial charge is 0.191 e. The van der Waals surface area contributed by atoms with Gasteiger partial charge in [0.2, 0.25) is 0 Å². The lowest BCUT2D eigenvalue weighted by Gasteiger charge is -2.30. The molecule has 0 amide bonds. The van der Waals surface area contributed by atoms with Gasteiger partial charge in [0.25, 0.3) is 0 Å². The Morgan fingerprint density at radius 3 is 2.35 bits per heavy atom. The van der Waals surface area contributed by atoms with E-state index in [2.05, 4.69) is 44.3 Å². The van der Waals surface area contributed by atoms with Crippen LogP contribution in [0.5, 0.6) is 0 Å². The second-order valence-corrected chi connectivity index (χ2v) is 7.80. The third-order valence-electron chi connectivity index (χ3n) is 5.58. The van der Waals surface area contributed by atoms with Gasteiger partial charge >= 0.3 is 0 Å². The number of nitrogens with one attached hydrogen (secondary N) is 2. The standard InChI is InChI=1S/C19H40N6.HI/c1-18-6-13-24(14-7-18)11-4-8-21-19(20-2)22-9-15-25-12-5-10-23(3)16-17-25;/h18H,4-17H2,1-3H3,(H2,20,21,22);1H. The number of guanidine groups is 1. The maximum Gasteiger partial charge on any atom is 0.191 e. The lowest BCUT2D eigenvalue weighted by atomic mass is 9.99. The van der Waals surface area contributed by atoms with E-state index in [1.807, 2.05) is 7.05 Å². The van der Waals surface area contributed by atoms with Crippen LogP contribution >= 0.6 is 24.0 Å². The fourth-order valence-corrected chi connectivity index (χ4v) is 3.67. The first-order valence-corrected chi connectivity index (χ1v) is 10.2. The minimum absolute atomic E-state index is 0. The second kappa shape index (κ2) is 14.0. The molecular weight excluding hydrogens is 439 g/mol. The summed E-state index contributed by atoms with van der Waals surface area (Å²) in [5.74, 6) is 1.86. The lowest BCUT2D eigenvalue weighted by Crippen LogP contribution is -2.43. The molecule has 2 fully saturated rings. The van der Waals surface area contributed by atoms with Crippen LogP contribution in [-0.2, 0) is 0 Å². The summed E-state index contributed by atoms with van der Waals surface area (Å²) in [6.07, 6.45) is 5.19. The number of halogens is 1. The number of piperidine rings is 1. The third kappa shape index (κ3) is 9.71. The summed E-state index contributed by atoms with van der Waals surface area (Å²) in [6.45, 7) is 14.0. The van der Waals surface area contributed by atoms with Gasteiger partial charge in [0, 0.05) is 39.8 Å². The Morgan fingerprint density at radius 2 is 1.62 bits per heavy atom. The molecule has 26 heavy (non-hydrogen) atoms. The van der Waals surface area contributed by atoms with E-state index in [4.69, 9.17) is 0 Å². The largest absolute Gasteiger partial charge is 0.356 e. The molecule has 154 valence electrons. The van der Waals surface area contributed by atoms with E-state index in [0.29, 0.717) is 0 Å². The zero-order chi connectivity index (χ0) is 17.9. The van der Waals surface area contributed by atoms with Gasteiger partial charge in [0.15, 0.2) is 5.96 Å². The third-order valence-corrected chi connectivity index (χ3v) is 5.58. The van der Waals surface area contributed by atoms with Crippen LogP contribution in [0.2, 0.25) is 0 Å². The summed E-state index contributed by atoms with van der Waals surface area (Å²) < 4.78 is 0. The van der Waals surface area contributed by atoms with Crippen molar-refractivity contribution in [3.63, 3.8) is 0 Å². The number of aliphatic imine (C=N–C) groups is 1. The van der Waals surface area contributed by atoms with Crippen LogP contribution in [0.4, 0.5) is 0 Å². The fraction of sp³-hybridized carbons (Fsp3) is 0.947. The monoisotopic (exact) mass is 480 g/mol. The zero-order valence-electron chi connectivity index (χ0n) is 17.2. The average Bonchev–Trinajstić information content (AvgIpc) is 2.83. The maximum atomic E-state index is 4.35. The van der Waals surface area contributed by atoms with E-state index in [9.17, 15) is 0 Å². The predicted octanol–water partition coefficient (Wildman–Crippen LogP) is 1.53. The number of likely N-dealkylation sites (N-methyl/N-ethyl adjacent to an activating group) is 1. The van der Waals surface area contributed by atoms with Gasteiger partial charge in [-0.25, -0.2) is 0 Å². The Morgan fingerprint density at radius 1 is 0.923 bits per heavy atom. The van der Waals surface area contributed by atoms with Gasteiger partial charge in [-0.05, 0) is 71.4 Å². The maximum absolute atomic E-state index is 4.35. The molecule has 0 aromatic heterocycles. The first kappa shape index (κ1) is 23.9. The zero-order valence-corrected chi connectivity index (χ0v) is 19.5. The molecule has 2 aliphatic rings. The van der Waals surface area contributed by atoms with Crippen molar-refractivity contribution in [1.29, 1.82) is 0 Å². The number of likely N-dealkylation sites (tertiary alicyclic amines) is 1. The highest BCUT2D eigenvalue weighted by Gasteiger charge is 2.15. The summed E-state index contributed by atoms with van der Waals surface area (Å²) in [5.41, 5.74) is 0. The van der Waals surface area contributed by atoms with E-state index in [1.165, 1.54) is 71.5 Å². The van der Waals surface area contributed by atoms with Gasteiger partial charge in [-0.2, -0.15) is 0 Å². The molecule has 6 nitrogen and oxygen atoms in total. The van der Waals surface area contributed by atoms with Crippen LogP contribution < -0.4 is 10.6 Å². The molecular formula is C19H41IN6. The minimum atomic E-state index is 0. The van der Waals surface area contributed by atoms with Crippen molar-refractivity contribution < 1.29 is 0 Å². The number of hydrogen-bond donors (Lipinski definition) is 2. The summed E-state index contributed by atoms with van der Waals surface area (Å²) in [5, 5.41) is 6.92. The molecule has 0 saturated carbocycles. The van der Waals surface area contributed by atoms with Crippen LogP contribution in [0.3, 0.4) is 0 Å². The molecule has 0 aromatic carbocycles. The van der Waals surface area contributed by atoms with Crippen LogP contribution in [0.1, 0.15) is 32.6 Å². The highest BCUT2D eigenvalue weighted by atomic mass is 127. The van der Waals surface area contributed by atoms with Crippen molar-refractivity contribution in [1.82, 2.24) is 25.3 Å². The molecule has 0 unspecified atom stereocenters. The molecule has 0 aromatic rings. The first-order chi connectivity index (χ1) is 12.2. The van der Waals surface area contributed by atoms with E-state index >= 15 is 0 Å². The summed E-state index contributed by atoms with van der Waals surface area (Å²) >= 11 is 0. The molecule has 2 rings (SSSR count). The van der Waals surface area contributed by atoms with Gasteiger partial charge in [-0.15, -0.1) is 24.0 Å². The van der Waals surface area contributed by atoms with Gasteiger partial charge in [0.05, 0.1) is 0 Å². The molecule has 2 N–H and O–H groups in total. The molecule has 0 bridgehead atoms. The minimum Gasteiger partial charge on any atom is -0.356 e. The summed E-state index contributed by atoms with van der Waals surface area (Å²) in [7, 11) is 4.08. The van der Waals surface area contributed by atoms with Gasteiger partial charge in [-0.1, -0.05) is 6.92 Å². The topological polar surface area (TPSA) is 46.1 Å². The lowest BCUT2D eigenvalue weighted by molar-refractivity contribution is 0.191. The fourth-order valence-electron chi connectivity index (χ4n) is 3.67. The average molecular weight is 480 g/mol. The van der Waals surface area contributed by atoms with Crippen LogP contribution in [0.25, 0.3) is 0 Å². The molecule has 7 heteroatoms. The van der Waals surface area contributed by atoms with Crippen molar-refractivity contribution in [2.75, 3.05) is 79.5 Å². The van der Waals surface area contributed by atoms with Crippen molar-refractivity contribution >= 4 is 29.9 Å². The Hall–Kier alpha value is -0.120. The quantitative estimate of drug-likeness (QED) is 0.251. The van der Waals surface area contributed by atoms with E-state index < -0.39 is 0 Å². The number of rotatable bonds is 7. The molecule has 0 atom stereocenters. The van der Waals surface area contributed by atoms with E-state index in [-0.39, 0.29) is 24.0 Å². The Kier molecular flexibility index (Phi) is 12.8. The van der Waals surface area contributed by atoms with Crippen molar-refractivity contribution in [2.45, 2.75) is 32.6 Å². The molecule has 0 aliphatic carbocycles. The Balaban J connectivity index is 0.00000338. The molecule has 2 heterocycles. The first-order valence-electron chi connectivity index (χ1n) is 10.2. The van der Waals surface area contributed by atoms with Crippen LogP contribution in [-0.4, -0.2) is 100 Å². The Labute approximate surface area is 178 Å². The van der Waals surface area contributed by atoms with Crippen molar-refractivity contribution in [3.05, 3.63) is 0 Å². The normalized spacial score (nSPS) is 21.9. The van der Waals surface area contributed by atoms with E-state index in [0.717, 1.165) is 31.5 Å². The number of nitrogens with zero attached hydrogens (tertiary/aromatic N) is 4.